The van der Waals surface area contributed by atoms with Crippen LogP contribution in [0.15, 0.2) is 61.2 Å². The van der Waals surface area contributed by atoms with Crippen LogP contribution in [0.4, 0.5) is 4.79 Å². The van der Waals surface area contributed by atoms with E-state index >= 15 is 0 Å². The minimum absolute atomic E-state index is 0.00607. The second-order valence-corrected chi connectivity index (χ2v) is 8.18. The molecule has 1 aliphatic heterocycles. The average Bonchev–Trinajstić information content (AvgIpc) is 3.12. The molecular formula is C25H27NO5. The van der Waals surface area contributed by atoms with Crippen molar-refractivity contribution in [2.75, 3.05) is 32.9 Å². The molecule has 1 fully saturated rings. The molecule has 0 bridgehead atoms. The number of carbonyl (C=O) groups is 2. The number of hydrogen-bond donors (Lipinski definition) is 1. The molecule has 162 valence electrons. The van der Waals surface area contributed by atoms with Crippen molar-refractivity contribution in [3.63, 3.8) is 0 Å². The number of carbonyl (C=O) groups excluding carboxylic acids is 1. The highest BCUT2D eigenvalue weighted by molar-refractivity contribution is 5.79. The van der Waals surface area contributed by atoms with Gasteiger partial charge in [-0.15, -0.1) is 6.58 Å². The number of amides is 1. The van der Waals surface area contributed by atoms with Crippen LogP contribution < -0.4 is 0 Å². The van der Waals surface area contributed by atoms with E-state index in [0.717, 1.165) is 0 Å². The van der Waals surface area contributed by atoms with E-state index in [9.17, 15) is 14.7 Å². The second-order valence-electron chi connectivity index (χ2n) is 8.18. The Labute approximate surface area is 182 Å². The summed E-state index contributed by atoms with van der Waals surface area (Å²) in [6.07, 6.45) is 1.88. The molecule has 1 aliphatic carbocycles. The quantitative estimate of drug-likeness (QED) is 0.533. The molecule has 1 amide bonds. The van der Waals surface area contributed by atoms with Crippen molar-refractivity contribution in [3.8, 4) is 11.1 Å². The molecule has 31 heavy (non-hydrogen) atoms. The molecule has 1 saturated heterocycles. The summed E-state index contributed by atoms with van der Waals surface area (Å²) in [5.41, 5.74) is 3.73. The number of carboxylic acids is 1. The lowest BCUT2D eigenvalue weighted by Crippen LogP contribution is -2.49. The molecule has 0 unspecified atom stereocenters. The Morgan fingerprint density at radius 2 is 1.65 bits per heavy atom. The van der Waals surface area contributed by atoms with E-state index in [0.29, 0.717) is 32.5 Å². The third-order valence-electron chi connectivity index (χ3n) is 6.38. The smallest absolute Gasteiger partial charge is 0.409 e. The number of likely N-dealkylation sites (tertiary alicyclic amines) is 1. The molecule has 0 radical (unpaired) electrons. The predicted octanol–water partition coefficient (Wildman–Crippen LogP) is 4.30. The first-order valence-electron chi connectivity index (χ1n) is 10.6. The number of benzene rings is 2. The second kappa shape index (κ2) is 8.94. The van der Waals surface area contributed by atoms with E-state index in [2.05, 4.69) is 30.8 Å². The number of carboxylic acid groups (broad SMARTS) is 1. The summed E-state index contributed by atoms with van der Waals surface area (Å²) in [7, 11) is 0. The standard InChI is InChI=1S/C25H27NO5/c1-2-15-30-17-25(23(27)28)11-13-26(14-12-25)24(29)31-16-22-20-9-5-3-7-18(20)19-8-4-6-10-21(19)22/h2-10,22H,1,11-17H2,(H,27,28). The minimum atomic E-state index is -0.969. The van der Waals surface area contributed by atoms with E-state index in [1.165, 1.54) is 22.3 Å². The van der Waals surface area contributed by atoms with Crippen LogP contribution in [0.2, 0.25) is 0 Å². The van der Waals surface area contributed by atoms with Crippen molar-refractivity contribution < 1.29 is 24.2 Å². The normalized spacial score (nSPS) is 17.0. The van der Waals surface area contributed by atoms with Gasteiger partial charge in [-0.3, -0.25) is 4.79 Å². The van der Waals surface area contributed by atoms with Crippen molar-refractivity contribution in [2.24, 2.45) is 5.41 Å². The molecule has 2 aromatic carbocycles. The summed E-state index contributed by atoms with van der Waals surface area (Å²) in [5.74, 6) is -0.879. The van der Waals surface area contributed by atoms with E-state index in [1.807, 2.05) is 24.3 Å². The number of piperidine rings is 1. The highest BCUT2D eigenvalue weighted by atomic mass is 16.6. The average molecular weight is 421 g/mol. The van der Waals surface area contributed by atoms with Gasteiger partial charge < -0.3 is 19.5 Å². The maximum Gasteiger partial charge on any atom is 0.409 e. The van der Waals surface area contributed by atoms with Gasteiger partial charge >= 0.3 is 12.1 Å². The van der Waals surface area contributed by atoms with Gasteiger partial charge in [-0.2, -0.15) is 0 Å². The van der Waals surface area contributed by atoms with Gasteiger partial charge in [-0.05, 0) is 35.1 Å². The van der Waals surface area contributed by atoms with Gasteiger partial charge in [-0.1, -0.05) is 54.6 Å². The zero-order chi connectivity index (χ0) is 21.8. The van der Waals surface area contributed by atoms with Crippen LogP contribution in [0.5, 0.6) is 0 Å². The van der Waals surface area contributed by atoms with Gasteiger partial charge in [0.1, 0.15) is 6.61 Å². The van der Waals surface area contributed by atoms with Crippen LogP contribution in [-0.4, -0.2) is 55.0 Å². The van der Waals surface area contributed by atoms with Crippen LogP contribution >= 0.6 is 0 Å². The maximum atomic E-state index is 12.7. The molecule has 0 saturated carbocycles. The van der Waals surface area contributed by atoms with Gasteiger partial charge in [0.2, 0.25) is 0 Å². The first-order valence-corrected chi connectivity index (χ1v) is 10.6. The van der Waals surface area contributed by atoms with Gasteiger partial charge in [0.05, 0.1) is 18.6 Å². The molecule has 6 nitrogen and oxygen atoms in total. The molecule has 0 aromatic heterocycles. The fourth-order valence-corrected chi connectivity index (χ4v) is 4.56. The van der Waals surface area contributed by atoms with E-state index < -0.39 is 17.5 Å². The summed E-state index contributed by atoms with van der Waals surface area (Å²) in [6, 6.07) is 16.4. The number of nitrogens with zero attached hydrogens (tertiary/aromatic N) is 1. The van der Waals surface area contributed by atoms with Crippen molar-refractivity contribution in [1.29, 1.82) is 0 Å². The van der Waals surface area contributed by atoms with Crippen LogP contribution in [0, 0.1) is 5.41 Å². The number of fused-ring (bicyclic) bond motifs is 3. The minimum Gasteiger partial charge on any atom is -0.481 e. The molecule has 1 N–H and O–H groups in total. The number of hydrogen-bond acceptors (Lipinski definition) is 4. The number of aliphatic carboxylic acids is 1. The molecule has 4 rings (SSSR count). The molecule has 2 aromatic rings. The molecular weight excluding hydrogens is 394 g/mol. The third kappa shape index (κ3) is 4.08. The first kappa shape index (κ1) is 21.1. The topological polar surface area (TPSA) is 76.1 Å². The van der Waals surface area contributed by atoms with Crippen LogP contribution in [0.25, 0.3) is 11.1 Å². The zero-order valence-electron chi connectivity index (χ0n) is 17.5. The zero-order valence-corrected chi connectivity index (χ0v) is 17.5. The first-order chi connectivity index (χ1) is 15.1. The molecule has 0 atom stereocenters. The van der Waals surface area contributed by atoms with Crippen molar-refractivity contribution in [2.45, 2.75) is 18.8 Å². The Morgan fingerprint density at radius 3 is 2.19 bits per heavy atom. The van der Waals surface area contributed by atoms with Gasteiger partial charge in [-0.25, -0.2) is 4.79 Å². The lowest BCUT2D eigenvalue weighted by Gasteiger charge is -2.38. The Balaban J connectivity index is 1.38. The summed E-state index contributed by atoms with van der Waals surface area (Å²) in [5, 5.41) is 9.71. The monoisotopic (exact) mass is 421 g/mol. The van der Waals surface area contributed by atoms with Gasteiger partial charge in [0.15, 0.2) is 0 Å². The summed E-state index contributed by atoms with van der Waals surface area (Å²) < 4.78 is 11.1. The molecule has 6 heteroatoms. The van der Waals surface area contributed by atoms with E-state index in [-0.39, 0.29) is 19.1 Å². The Kier molecular flexibility index (Phi) is 6.09. The Morgan fingerprint density at radius 1 is 1.06 bits per heavy atom. The Hall–Kier alpha value is -3.12. The number of rotatable bonds is 7. The predicted molar refractivity (Wildman–Crippen MR) is 117 cm³/mol. The van der Waals surface area contributed by atoms with Crippen LogP contribution in [0.3, 0.4) is 0 Å². The SMILES string of the molecule is C=CCOCC1(C(=O)O)CCN(C(=O)OCC2c3ccccc3-c3ccccc32)CC1. The highest BCUT2D eigenvalue weighted by Crippen LogP contribution is 2.44. The van der Waals surface area contributed by atoms with Gasteiger partial charge in [0, 0.05) is 19.0 Å². The van der Waals surface area contributed by atoms with Crippen LogP contribution in [-0.2, 0) is 14.3 Å². The molecule has 0 spiro atoms. The molecule has 1 heterocycles. The van der Waals surface area contributed by atoms with Crippen molar-refractivity contribution in [3.05, 3.63) is 72.3 Å². The number of ether oxygens (including phenoxy) is 2. The molecule has 2 aliphatic rings. The van der Waals surface area contributed by atoms with Gasteiger partial charge in [0.25, 0.3) is 0 Å². The summed E-state index contributed by atoms with van der Waals surface area (Å²) >= 11 is 0. The fraction of sp³-hybridized carbons (Fsp3) is 0.360. The van der Waals surface area contributed by atoms with E-state index in [1.54, 1.807) is 11.0 Å². The highest BCUT2D eigenvalue weighted by Gasteiger charge is 2.43. The summed E-state index contributed by atoms with van der Waals surface area (Å²) in [6.45, 7) is 4.94. The maximum absolute atomic E-state index is 12.7. The van der Waals surface area contributed by atoms with Crippen molar-refractivity contribution >= 4 is 12.1 Å². The largest absolute Gasteiger partial charge is 0.481 e. The van der Waals surface area contributed by atoms with E-state index in [4.69, 9.17) is 9.47 Å². The Bertz CT molecular complexity index is 932. The van der Waals surface area contributed by atoms with Crippen molar-refractivity contribution in [1.82, 2.24) is 4.90 Å². The lowest BCUT2D eigenvalue weighted by atomic mass is 9.79. The lowest BCUT2D eigenvalue weighted by molar-refractivity contribution is -0.156. The summed E-state index contributed by atoms with van der Waals surface area (Å²) in [4.78, 5) is 26.2. The fourth-order valence-electron chi connectivity index (χ4n) is 4.56. The van der Waals surface area contributed by atoms with Crippen LogP contribution in [0.1, 0.15) is 29.9 Å². The third-order valence-corrected chi connectivity index (χ3v) is 6.38.